The summed E-state index contributed by atoms with van der Waals surface area (Å²) >= 11 is 3.54. The molecule has 0 saturated heterocycles. The second-order valence-corrected chi connectivity index (χ2v) is 6.53. The number of amides is 1. The smallest absolute Gasteiger partial charge is 0.257 e. The molecule has 0 spiro atoms. The van der Waals surface area contributed by atoms with Gasteiger partial charge in [-0.1, -0.05) is 18.2 Å². The molecule has 0 aliphatic carbocycles. The Bertz CT molecular complexity index is 637. The van der Waals surface area contributed by atoms with Gasteiger partial charge in [-0.2, -0.15) is 0 Å². The molecule has 0 atom stereocenters. The molecule has 0 aliphatic heterocycles. The Morgan fingerprint density at radius 1 is 1.26 bits per heavy atom. The normalized spacial score (nSPS) is 11.9. The van der Waals surface area contributed by atoms with Crippen LogP contribution in [0.1, 0.15) is 31.1 Å². The molecule has 4 heteroatoms. The van der Waals surface area contributed by atoms with Crippen LogP contribution in [0, 0.1) is 0 Å². The lowest BCUT2D eigenvalue weighted by molar-refractivity contribution is 0.0656. The zero-order chi connectivity index (χ0) is 14.4. The van der Waals surface area contributed by atoms with Crippen molar-refractivity contribution in [2.75, 3.05) is 7.05 Å². The van der Waals surface area contributed by atoms with Gasteiger partial charge in [0.2, 0.25) is 0 Å². The number of rotatable bonds is 1. The maximum absolute atomic E-state index is 12.7. The largest absolute Gasteiger partial charge is 0.338 e. The number of carbonyl (C=O) groups is 1. The van der Waals surface area contributed by atoms with Gasteiger partial charge in [0.1, 0.15) is 0 Å². The molecule has 0 fully saturated rings. The van der Waals surface area contributed by atoms with Crippen molar-refractivity contribution in [3.8, 4) is 0 Å². The van der Waals surface area contributed by atoms with Crippen LogP contribution in [-0.2, 0) is 7.05 Å². The molecule has 0 aliphatic rings. The van der Waals surface area contributed by atoms with Crippen molar-refractivity contribution in [1.29, 1.82) is 0 Å². The summed E-state index contributed by atoms with van der Waals surface area (Å²) < 4.78 is 2.83. The Morgan fingerprint density at radius 3 is 2.42 bits per heavy atom. The first-order chi connectivity index (χ1) is 8.75. The van der Waals surface area contributed by atoms with Gasteiger partial charge >= 0.3 is 0 Å². The zero-order valence-corrected chi connectivity index (χ0v) is 13.6. The minimum absolute atomic E-state index is 0.0381. The van der Waals surface area contributed by atoms with Gasteiger partial charge in [-0.3, -0.25) is 4.79 Å². The SMILES string of the molecule is CN(C(=O)c1c(Br)n(C)c2ccccc12)C(C)(C)C. The second-order valence-electron chi connectivity index (χ2n) is 5.78. The lowest BCUT2D eigenvalue weighted by Gasteiger charge is -2.32. The van der Waals surface area contributed by atoms with Gasteiger partial charge in [0, 0.05) is 30.5 Å². The Morgan fingerprint density at radius 2 is 1.84 bits per heavy atom. The van der Waals surface area contributed by atoms with E-state index < -0.39 is 0 Å². The third kappa shape index (κ3) is 2.29. The van der Waals surface area contributed by atoms with Crippen LogP contribution in [0.2, 0.25) is 0 Å². The summed E-state index contributed by atoms with van der Waals surface area (Å²) in [5.74, 6) is 0.0381. The van der Waals surface area contributed by atoms with Crippen molar-refractivity contribution >= 4 is 32.7 Å². The summed E-state index contributed by atoms with van der Waals surface area (Å²) in [5.41, 5.74) is 1.59. The van der Waals surface area contributed by atoms with Crippen LogP contribution in [0.4, 0.5) is 0 Å². The molecule has 0 N–H and O–H groups in total. The molecule has 102 valence electrons. The van der Waals surface area contributed by atoms with E-state index in [1.165, 1.54) is 0 Å². The van der Waals surface area contributed by atoms with Crippen LogP contribution in [0.25, 0.3) is 10.9 Å². The maximum atomic E-state index is 12.7. The topological polar surface area (TPSA) is 25.2 Å². The first-order valence-corrected chi connectivity index (χ1v) is 7.05. The van der Waals surface area contributed by atoms with Crippen molar-refractivity contribution in [2.45, 2.75) is 26.3 Å². The second kappa shape index (κ2) is 4.67. The molecular formula is C15H19BrN2O. The highest BCUT2D eigenvalue weighted by Gasteiger charge is 2.28. The van der Waals surface area contributed by atoms with Gasteiger partial charge in [-0.15, -0.1) is 0 Å². The van der Waals surface area contributed by atoms with E-state index in [0.29, 0.717) is 0 Å². The summed E-state index contributed by atoms with van der Waals surface area (Å²) in [6.07, 6.45) is 0. The zero-order valence-electron chi connectivity index (χ0n) is 12.0. The third-order valence-electron chi connectivity index (χ3n) is 3.56. The van der Waals surface area contributed by atoms with Gasteiger partial charge in [-0.25, -0.2) is 0 Å². The van der Waals surface area contributed by atoms with Crippen molar-refractivity contribution in [1.82, 2.24) is 9.47 Å². The predicted molar refractivity (Wildman–Crippen MR) is 82.5 cm³/mol. The van der Waals surface area contributed by atoms with Gasteiger partial charge < -0.3 is 9.47 Å². The molecule has 3 nitrogen and oxygen atoms in total. The van der Waals surface area contributed by atoms with Crippen LogP contribution in [0.5, 0.6) is 0 Å². The first-order valence-electron chi connectivity index (χ1n) is 6.26. The number of fused-ring (bicyclic) bond motifs is 1. The molecule has 0 bridgehead atoms. The molecule has 2 aromatic rings. The molecule has 2 rings (SSSR count). The molecular weight excluding hydrogens is 304 g/mol. The Kier molecular flexibility index (Phi) is 3.47. The summed E-state index contributed by atoms with van der Waals surface area (Å²) in [6.45, 7) is 6.10. The molecule has 1 aromatic carbocycles. The van der Waals surface area contributed by atoms with E-state index in [1.54, 1.807) is 4.90 Å². The van der Waals surface area contributed by atoms with Crippen molar-refractivity contribution in [2.24, 2.45) is 7.05 Å². The standard InChI is InChI=1S/C15H19BrN2O/c1-15(2,3)18(5)14(19)12-10-8-6-7-9-11(10)17(4)13(12)16/h6-9H,1-5H3. The quantitative estimate of drug-likeness (QED) is 0.783. The number of carbonyl (C=O) groups excluding carboxylic acids is 1. The Hall–Kier alpha value is -1.29. The lowest BCUT2D eigenvalue weighted by atomic mass is 10.0. The van der Waals surface area contributed by atoms with Gasteiger partial charge in [0.05, 0.1) is 10.2 Å². The number of benzene rings is 1. The monoisotopic (exact) mass is 322 g/mol. The fourth-order valence-electron chi connectivity index (χ4n) is 2.04. The molecule has 0 saturated carbocycles. The lowest BCUT2D eigenvalue weighted by Crippen LogP contribution is -2.42. The summed E-state index contributed by atoms with van der Waals surface area (Å²) in [6, 6.07) is 7.96. The first kappa shape index (κ1) is 14.1. The number of aryl methyl sites for hydroxylation is 1. The molecule has 1 amide bonds. The number of hydrogen-bond acceptors (Lipinski definition) is 1. The number of hydrogen-bond donors (Lipinski definition) is 0. The fraction of sp³-hybridized carbons (Fsp3) is 0.400. The maximum Gasteiger partial charge on any atom is 0.257 e. The highest BCUT2D eigenvalue weighted by molar-refractivity contribution is 9.10. The Labute approximate surface area is 122 Å². The van der Waals surface area contributed by atoms with Crippen LogP contribution in [0.15, 0.2) is 28.9 Å². The summed E-state index contributed by atoms with van der Waals surface area (Å²) in [4.78, 5) is 14.5. The molecule has 1 heterocycles. The average molecular weight is 323 g/mol. The van der Waals surface area contributed by atoms with Crippen molar-refractivity contribution in [3.63, 3.8) is 0 Å². The summed E-state index contributed by atoms with van der Waals surface area (Å²) in [7, 11) is 3.80. The van der Waals surface area contributed by atoms with Crippen LogP contribution in [0.3, 0.4) is 0 Å². The number of para-hydroxylation sites is 1. The number of halogens is 1. The van der Waals surface area contributed by atoms with Gasteiger partial charge in [-0.05, 0) is 42.8 Å². The van der Waals surface area contributed by atoms with Gasteiger partial charge in [0.25, 0.3) is 5.91 Å². The predicted octanol–water partition coefficient (Wildman–Crippen LogP) is 3.81. The van der Waals surface area contributed by atoms with Crippen molar-refractivity contribution in [3.05, 3.63) is 34.4 Å². The number of nitrogens with zero attached hydrogens (tertiary/aromatic N) is 2. The molecule has 0 radical (unpaired) electrons. The summed E-state index contributed by atoms with van der Waals surface area (Å²) in [5, 5.41) is 0.984. The van der Waals surface area contributed by atoms with Gasteiger partial charge in [0.15, 0.2) is 0 Å². The third-order valence-corrected chi connectivity index (χ3v) is 4.49. The highest BCUT2D eigenvalue weighted by Crippen LogP contribution is 2.31. The minimum Gasteiger partial charge on any atom is -0.338 e. The van der Waals surface area contributed by atoms with E-state index in [1.807, 2.05) is 63.7 Å². The highest BCUT2D eigenvalue weighted by atomic mass is 79.9. The van der Waals surface area contributed by atoms with E-state index in [9.17, 15) is 4.79 Å². The fourth-order valence-corrected chi connectivity index (χ4v) is 2.61. The van der Waals surface area contributed by atoms with E-state index in [2.05, 4.69) is 15.9 Å². The van der Waals surface area contributed by atoms with E-state index in [4.69, 9.17) is 0 Å². The van der Waals surface area contributed by atoms with Crippen molar-refractivity contribution < 1.29 is 4.79 Å². The van der Waals surface area contributed by atoms with E-state index >= 15 is 0 Å². The average Bonchev–Trinajstić information content (AvgIpc) is 2.60. The Balaban J connectivity index is 2.64. The molecule has 0 unspecified atom stereocenters. The van der Waals surface area contributed by atoms with Crippen LogP contribution in [-0.4, -0.2) is 28.0 Å². The van der Waals surface area contributed by atoms with E-state index in [0.717, 1.165) is 21.1 Å². The molecule has 19 heavy (non-hydrogen) atoms. The van der Waals surface area contributed by atoms with E-state index in [-0.39, 0.29) is 11.4 Å². The minimum atomic E-state index is -0.201. The van der Waals surface area contributed by atoms with Crippen LogP contribution < -0.4 is 0 Å². The van der Waals surface area contributed by atoms with Crippen LogP contribution >= 0.6 is 15.9 Å². The number of aromatic nitrogens is 1. The molecule has 1 aromatic heterocycles.